The van der Waals surface area contributed by atoms with Crippen molar-refractivity contribution in [3.8, 4) is 11.5 Å². The van der Waals surface area contributed by atoms with Gasteiger partial charge in [0.25, 0.3) is 17.3 Å². The van der Waals surface area contributed by atoms with Gasteiger partial charge in [0.2, 0.25) is 0 Å². The number of benzene rings is 1. The number of pyridine rings is 1. The lowest BCUT2D eigenvalue weighted by Gasteiger charge is -2.39. The summed E-state index contributed by atoms with van der Waals surface area (Å²) in [6.45, 7) is 7.93. The van der Waals surface area contributed by atoms with Crippen LogP contribution in [-0.4, -0.2) is 41.7 Å². The van der Waals surface area contributed by atoms with Crippen LogP contribution in [0.5, 0.6) is 11.5 Å². The molecule has 1 amide bonds. The molecule has 1 aliphatic heterocycles. The number of H-pyrrole nitrogens is 1. The van der Waals surface area contributed by atoms with E-state index >= 15 is 0 Å². The summed E-state index contributed by atoms with van der Waals surface area (Å²) in [5.41, 5.74) is 4.58. The minimum absolute atomic E-state index is 0.159. The number of nitrogens with zero attached hydrogens (tertiary/aromatic N) is 1. The summed E-state index contributed by atoms with van der Waals surface area (Å²) in [5, 5.41) is 2.97. The highest BCUT2D eigenvalue weighted by atomic mass is 16.7. The van der Waals surface area contributed by atoms with E-state index < -0.39 is 5.79 Å². The van der Waals surface area contributed by atoms with E-state index in [9.17, 15) is 9.59 Å². The van der Waals surface area contributed by atoms with Gasteiger partial charge in [-0.2, -0.15) is 0 Å². The number of rotatable bonds is 6. The molecule has 2 aliphatic carbocycles. The van der Waals surface area contributed by atoms with Crippen LogP contribution >= 0.6 is 0 Å². The largest absolute Gasteiger partial charge is 0.448 e. The molecule has 7 nitrogen and oxygen atoms in total. The first-order valence-corrected chi connectivity index (χ1v) is 13.3. The van der Waals surface area contributed by atoms with Crippen molar-refractivity contribution in [2.24, 2.45) is 5.92 Å². The van der Waals surface area contributed by atoms with E-state index in [0.717, 1.165) is 66.7 Å². The van der Waals surface area contributed by atoms with Crippen molar-refractivity contribution >= 4 is 5.91 Å². The van der Waals surface area contributed by atoms with Crippen molar-refractivity contribution in [3.05, 3.63) is 56.0 Å². The van der Waals surface area contributed by atoms with Crippen molar-refractivity contribution in [1.29, 1.82) is 0 Å². The number of aromatic amines is 1. The Balaban J connectivity index is 1.39. The number of nitrogens with one attached hydrogen (secondary N) is 2. The van der Waals surface area contributed by atoms with Gasteiger partial charge < -0.3 is 24.7 Å². The van der Waals surface area contributed by atoms with Crippen LogP contribution in [0.4, 0.5) is 0 Å². The highest BCUT2D eigenvalue weighted by Crippen LogP contribution is 2.55. The fraction of sp³-hybridized carbons (Fsp3) is 0.586. The molecule has 1 atom stereocenters. The van der Waals surface area contributed by atoms with Crippen LogP contribution in [0.1, 0.15) is 89.7 Å². The van der Waals surface area contributed by atoms with Crippen molar-refractivity contribution in [2.75, 3.05) is 14.1 Å². The topological polar surface area (TPSA) is 83.7 Å². The lowest BCUT2D eigenvalue weighted by molar-refractivity contribution is -0.123. The van der Waals surface area contributed by atoms with Gasteiger partial charge >= 0.3 is 0 Å². The summed E-state index contributed by atoms with van der Waals surface area (Å²) in [5.74, 6) is 1.35. The van der Waals surface area contributed by atoms with Gasteiger partial charge in [-0.1, -0.05) is 0 Å². The zero-order valence-electron chi connectivity index (χ0n) is 22.4. The van der Waals surface area contributed by atoms with E-state index in [1.807, 2.05) is 32.9 Å². The molecule has 0 bridgehead atoms. The second-order valence-electron chi connectivity index (χ2n) is 11.4. The van der Waals surface area contributed by atoms with E-state index in [0.29, 0.717) is 34.8 Å². The lowest BCUT2D eigenvalue weighted by atomic mass is 9.81. The Hall–Kier alpha value is -2.80. The normalized spacial score (nSPS) is 25.3. The molecular formula is C29H39N3O4. The second-order valence-corrected chi connectivity index (χ2v) is 11.4. The number of fused-ring (bicyclic) bond motifs is 1. The minimum Gasteiger partial charge on any atom is -0.448 e. The van der Waals surface area contributed by atoms with Crippen LogP contribution in [0.15, 0.2) is 16.9 Å². The van der Waals surface area contributed by atoms with Gasteiger partial charge in [0.15, 0.2) is 11.5 Å². The molecule has 3 aliphatic rings. The van der Waals surface area contributed by atoms with Crippen LogP contribution in [-0.2, 0) is 6.54 Å². The van der Waals surface area contributed by atoms with Gasteiger partial charge in [-0.15, -0.1) is 0 Å². The molecule has 2 N–H and O–H groups in total. The number of aryl methyl sites for hydroxylation is 2. The highest BCUT2D eigenvalue weighted by Gasteiger charge is 2.48. The van der Waals surface area contributed by atoms with Gasteiger partial charge in [0, 0.05) is 53.4 Å². The molecule has 0 radical (unpaired) electrons. The first-order valence-electron chi connectivity index (χ1n) is 13.3. The smallest absolute Gasteiger partial charge is 0.253 e. The predicted octanol–water partition coefficient (Wildman–Crippen LogP) is 4.72. The molecule has 0 saturated heterocycles. The van der Waals surface area contributed by atoms with Gasteiger partial charge in [0.05, 0.1) is 0 Å². The summed E-state index contributed by atoms with van der Waals surface area (Å²) in [6, 6.07) is 4.52. The van der Waals surface area contributed by atoms with E-state index in [1.54, 1.807) is 0 Å². The van der Waals surface area contributed by atoms with Gasteiger partial charge in [-0.3, -0.25) is 9.59 Å². The molecule has 7 heteroatoms. The predicted molar refractivity (Wildman–Crippen MR) is 140 cm³/mol. The fourth-order valence-corrected chi connectivity index (χ4v) is 5.99. The summed E-state index contributed by atoms with van der Waals surface area (Å²) < 4.78 is 13.2. The number of hydrogen-bond donors (Lipinski definition) is 2. The molecule has 194 valence electrons. The fourth-order valence-electron chi connectivity index (χ4n) is 5.99. The minimum atomic E-state index is -0.713. The van der Waals surface area contributed by atoms with Gasteiger partial charge in [-0.05, 0) is 97.0 Å². The molecule has 36 heavy (non-hydrogen) atoms. The monoisotopic (exact) mass is 493 g/mol. The third-order valence-corrected chi connectivity index (χ3v) is 8.47. The molecule has 2 aromatic rings. The maximum atomic E-state index is 13.4. The van der Waals surface area contributed by atoms with E-state index in [-0.39, 0.29) is 18.0 Å². The molecule has 1 unspecified atom stereocenters. The molecule has 0 spiro atoms. The van der Waals surface area contributed by atoms with Crippen LogP contribution in [0.25, 0.3) is 0 Å². The summed E-state index contributed by atoms with van der Waals surface area (Å²) in [6.07, 6.45) is 6.59. The van der Waals surface area contributed by atoms with Crippen LogP contribution in [0.3, 0.4) is 0 Å². The average molecular weight is 494 g/mol. The summed E-state index contributed by atoms with van der Waals surface area (Å²) in [4.78, 5) is 30.9. The molecule has 2 saturated carbocycles. The first kappa shape index (κ1) is 24.9. The Morgan fingerprint density at radius 1 is 1.06 bits per heavy atom. The van der Waals surface area contributed by atoms with Crippen molar-refractivity contribution in [1.82, 2.24) is 15.2 Å². The van der Waals surface area contributed by atoms with E-state index in [2.05, 4.69) is 36.2 Å². The molecule has 5 rings (SSSR count). The molecule has 1 aromatic carbocycles. The maximum absolute atomic E-state index is 13.4. The Bertz CT molecular complexity index is 1240. The average Bonchev–Trinajstić information content (AvgIpc) is 3.59. The van der Waals surface area contributed by atoms with Crippen molar-refractivity contribution in [2.45, 2.75) is 90.5 Å². The SMILES string of the molecule is Cc1cc(C)c(CNC(=O)c2cc(C3CC3)c3c(c2C)OC(C)(C2CCC(N(C)C)CC2)O3)c(=O)[nH]1. The van der Waals surface area contributed by atoms with Gasteiger partial charge in [0.1, 0.15) is 0 Å². The van der Waals surface area contributed by atoms with Gasteiger partial charge in [-0.25, -0.2) is 0 Å². The molecule has 1 aromatic heterocycles. The standard InChI is InChI=1S/C29H39N3O4/c1-16-13-17(2)31-28(34)24(16)15-30-27(33)22-14-23(19-7-8-19)26-25(18(22)3)35-29(4,36-26)20-9-11-21(12-10-20)32(5)6/h13-14,19-21H,7-12,15H2,1-6H3,(H,30,33)(H,31,34). The third-order valence-electron chi connectivity index (χ3n) is 8.47. The van der Waals surface area contributed by atoms with Crippen molar-refractivity contribution in [3.63, 3.8) is 0 Å². The quantitative estimate of drug-likeness (QED) is 0.609. The zero-order chi connectivity index (χ0) is 25.8. The number of aromatic nitrogens is 1. The Morgan fingerprint density at radius 2 is 1.72 bits per heavy atom. The number of hydrogen-bond acceptors (Lipinski definition) is 5. The highest BCUT2D eigenvalue weighted by molar-refractivity contribution is 5.97. The first-order chi connectivity index (χ1) is 17.1. The number of amides is 1. The Kier molecular flexibility index (Phi) is 6.39. The molecular weight excluding hydrogens is 454 g/mol. The maximum Gasteiger partial charge on any atom is 0.253 e. The third kappa shape index (κ3) is 4.54. The number of ether oxygens (including phenoxy) is 2. The Labute approximate surface area is 213 Å². The van der Waals surface area contributed by atoms with Crippen LogP contribution < -0.4 is 20.3 Å². The van der Waals surface area contributed by atoms with Crippen molar-refractivity contribution < 1.29 is 14.3 Å². The molecule has 2 heterocycles. The number of carbonyl (C=O) groups excluding carboxylic acids is 1. The zero-order valence-corrected chi connectivity index (χ0v) is 22.4. The summed E-state index contributed by atoms with van der Waals surface area (Å²) >= 11 is 0. The Morgan fingerprint density at radius 3 is 2.33 bits per heavy atom. The summed E-state index contributed by atoms with van der Waals surface area (Å²) in [7, 11) is 4.30. The second kappa shape index (κ2) is 9.25. The van der Waals surface area contributed by atoms with E-state index in [1.165, 1.54) is 0 Å². The van der Waals surface area contributed by atoms with Crippen LogP contribution in [0, 0.1) is 26.7 Å². The molecule has 2 fully saturated rings. The van der Waals surface area contributed by atoms with E-state index in [4.69, 9.17) is 9.47 Å². The van der Waals surface area contributed by atoms with Crippen LogP contribution in [0.2, 0.25) is 0 Å². The lowest BCUT2D eigenvalue weighted by Crippen LogP contribution is -2.46. The number of carbonyl (C=O) groups is 1.